The van der Waals surface area contributed by atoms with Gasteiger partial charge in [-0.1, -0.05) is 12.1 Å². The molecule has 0 radical (unpaired) electrons. The van der Waals surface area contributed by atoms with E-state index in [0.717, 1.165) is 5.56 Å². The molecule has 1 atom stereocenters. The summed E-state index contributed by atoms with van der Waals surface area (Å²) < 4.78 is 28.2. The van der Waals surface area contributed by atoms with E-state index in [1.54, 1.807) is 31.1 Å². The highest BCUT2D eigenvalue weighted by atomic mass is 19.3. The third kappa shape index (κ3) is 4.29. The van der Waals surface area contributed by atoms with E-state index in [0.29, 0.717) is 0 Å². The standard InChI is InChI=1S/C12H15F2NO3/c1-15(2)10(7-11(16)17)8-3-5-9(6-4-8)18-12(13)14/h3-6,10,12H,7H2,1-2H3,(H,16,17). The molecular weight excluding hydrogens is 244 g/mol. The molecule has 0 aliphatic rings. The minimum atomic E-state index is -2.86. The van der Waals surface area contributed by atoms with Crippen LogP contribution in [0.25, 0.3) is 0 Å². The third-order valence-electron chi connectivity index (χ3n) is 2.48. The lowest BCUT2D eigenvalue weighted by atomic mass is 10.0. The summed E-state index contributed by atoms with van der Waals surface area (Å²) in [7, 11) is 3.52. The molecule has 1 aromatic carbocycles. The number of carboxylic acids is 1. The molecule has 0 saturated heterocycles. The Morgan fingerprint density at radius 1 is 1.33 bits per heavy atom. The number of aliphatic carboxylic acids is 1. The minimum Gasteiger partial charge on any atom is -0.481 e. The highest BCUT2D eigenvalue weighted by molar-refractivity contribution is 5.68. The smallest absolute Gasteiger partial charge is 0.387 e. The summed E-state index contributed by atoms with van der Waals surface area (Å²) in [6.07, 6.45) is -0.0535. The topological polar surface area (TPSA) is 49.8 Å². The van der Waals surface area contributed by atoms with Crippen LogP contribution in [-0.2, 0) is 4.79 Å². The molecule has 0 saturated carbocycles. The first-order valence-corrected chi connectivity index (χ1v) is 5.33. The fourth-order valence-electron chi connectivity index (χ4n) is 1.64. The van der Waals surface area contributed by atoms with Gasteiger partial charge in [-0.05, 0) is 31.8 Å². The van der Waals surface area contributed by atoms with Crippen molar-refractivity contribution in [3.63, 3.8) is 0 Å². The second kappa shape index (κ2) is 6.30. The fraction of sp³-hybridized carbons (Fsp3) is 0.417. The Balaban J connectivity index is 2.83. The highest BCUT2D eigenvalue weighted by Gasteiger charge is 2.17. The van der Waals surface area contributed by atoms with Crippen molar-refractivity contribution < 1.29 is 23.4 Å². The Morgan fingerprint density at radius 2 is 1.89 bits per heavy atom. The zero-order valence-corrected chi connectivity index (χ0v) is 10.1. The Bertz CT molecular complexity index is 393. The van der Waals surface area contributed by atoms with Gasteiger partial charge in [-0.25, -0.2) is 0 Å². The summed E-state index contributed by atoms with van der Waals surface area (Å²) in [4.78, 5) is 12.5. The number of carbonyl (C=O) groups is 1. The number of halogens is 2. The number of carboxylic acid groups (broad SMARTS) is 1. The number of nitrogens with zero attached hydrogens (tertiary/aromatic N) is 1. The van der Waals surface area contributed by atoms with Crippen LogP contribution in [0.15, 0.2) is 24.3 Å². The SMILES string of the molecule is CN(C)C(CC(=O)O)c1ccc(OC(F)F)cc1. The Morgan fingerprint density at radius 3 is 2.28 bits per heavy atom. The Labute approximate surface area is 104 Å². The summed E-state index contributed by atoms with van der Waals surface area (Å²) in [5, 5.41) is 8.82. The maximum Gasteiger partial charge on any atom is 0.387 e. The van der Waals surface area contributed by atoms with Crippen LogP contribution >= 0.6 is 0 Å². The molecule has 1 unspecified atom stereocenters. The molecular formula is C12H15F2NO3. The van der Waals surface area contributed by atoms with E-state index in [9.17, 15) is 13.6 Å². The molecule has 6 heteroatoms. The van der Waals surface area contributed by atoms with Crippen LogP contribution in [0.2, 0.25) is 0 Å². The van der Waals surface area contributed by atoms with Crippen molar-refractivity contribution in [2.45, 2.75) is 19.1 Å². The van der Waals surface area contributed by atoms with Gasteiger partial charge in [0.05, 0.1) is 6.42 Å². The van der Waals surface area contributed by atoms with Crippen LogP contribution in [0.1, 0.15) is 18.0 Å². The number of alkyl halides is 2. The van der Waals surface area contributed by atoms with Gasteiger partial charge in [0.25, 0.3) is 0 Å². The summed E-state index contributed by atoms with van der Waals surface area (Å²) in [5.41, 5.74) is 0.740. The van der Waals surface area contributed by atoms with Crippen LogP contribution in [-0.4, -0.2) is 36.7 Å². The zero-order valence-electron chi connectivity index (χ0n) is 10.1. The largest absolute Gasteiger partial charge is 0.481 e. The summed E-state index contributed by atoms with van der Waals surface area (Å²) in [6.45, 7) is -2.86. The lowest BCUT2D eigenvalue weighted by Crippen LogP contribution is -2.22. The summed E-state index contributed by atoms with van der Waals surface area (Å²) in [6, 6.07) is 5.68. The van der Waals surface area contributed by atoms with E-state index in [1.807, 2.05) is 0 Å². The van der Waals surface area contributed by atoms with Crippen LogP contribution < -0.4 is 4.74 Å². The van der Waals surface area contributed by atoms with E-state index in [-0.39, 0.29) is 18.2 Å². The molecule has 0 fully saturated rings. The molecule has 0 spiro atoms. The van der Waals surface area contributed by atoms with Gasteiger partial charge in [-0.2, -0.15) is 8.78 Å². The molecule has 0 aliphatic carbocycles. The first kappa shape index (κ1) is 14.4. The average molecular weight is 259 g/mol. The van der Waals surface area contributed by atoms with Crippen LogP contribution in [0, 0.1) is 0 Å². The Kier molecular flexibility index (Phi) is 5.03. The number of hydrogen-bond donors (Lipinski definition) is 1. The molecule has 0 aromatic heterocycles. The van der Waals surface area contributed by atoms with Crippen molar-refractivity contribution in [3.8, 4) is 5.75 Å². The van der Waals surface area contributed by atoms with E-state index < -0.39 is 12.6 Å². The fourth-order valence-corrected chi connectivity index (χ4v) is 1.64. The molecule has 1 aromatic rings. The van der Waals surface area contributed by atoms with Crippen molar-refractivity contribution in [2.24, 2.45) is 0 Å². The average Bonchev–Trinajstić information content (AvgIpc) is 2.26. The van der Waals surface area contributed by atoms with Gasteiger partial charge < -0.3 is 14.7 Å². The van der Waals surface area contributed by atoms with E-state index in [2.05, 4.69) is 4.74 Å². The molecule has 18 heavy (non-hydrogen) atoms. The van der Waals surface area contributed by atoms with Gasteiger partial charge >= 0.3 is 12.6 Å². The molecule has 100 valence electrons. The second-order valence-electron chi connectivity index (χ2n) is 4.02. The predicted octanol–water partition coefficient (Wildman–Crippen LogP) is 2.37. The van der Waals surface area contributed by atoms with Gasteiger partial charge in [-0.15, -0.1) is 0 Å². The van der Waals surface area contributed by atoms with Crippen LogP contribution in [0.3, 0.4) is 0 Å². The summed E-state index contributed by atoms with van der Waals surface area (Å²) in [5.74, 6) is -0.858. The first-order valence-electron chi connectivity index (χ1n) is 5.33. The van der Waals surface area contributed by atoms with E-state index in [4.69, 9.17) is 5.11 Å². The molecule has 1 rings (SSSR count). The van der Waals surface area contributed by atoms with Crippen molar-refractivity contribution in [1.82, 2.24) is 4.90 Å². The third-order valence-corrected chi connectivity index (χ3v) is 2.48. The first-order chi connectivity index (χ1) is 8.40. The van der Waals surface area contributed by atoms with Crippen LogP contribution in [0.5, 0.6) is 5.75 Å². The van der Waals surface area contributed by atoms with Gasteiger partial charge in [0.1, 0.15) is 5.75 Å². The minimum absolute atomic E-state index is 0.0535. The molecule has 0 heterocycles. The number of benzene rings is 1. The van der Waals surface area contributed by atoms with Gasteiger partial charge in [0.15, 0.2) is 0 Å². The maximum absolute atomic E-state index is 12.0. The molecule has 1 N–H and O–H groups in total. The van der Waals surface area contributed by atoms with Gasteiger partial charge in [-0.3, -0.25) is 4.79 Å². The lowest BCUT2D eigenvalue weighted by Gasteiger charge is -2.23. The number of hydrogen-bond acceptors (Lipinski definition) is 3. The van der Waals surface area contributed by atoms with Gasteiger partial charge in [0, 0.05) is 6.04 Å². The molecule has 0 aliphatic heterocycles. The molecule has 0 amide bonds. The predicted molar refractivity (Wildman–Crippen MR) is 61.8 cm³/mol. The van der Waals surface area contributed by atoms with Crippen LogP contribution in [0.4, 0.5) is 8.78 Å². The monoisotopic (exact) mass is 259 g/mol. The Hall–Kier alpha value is -1.69. The molecule has 4 nitrogen and oxygen atoms in total. The van der Waals surface area contributed by atoms with Gasteiger partial charge in [0.2, 0.25) is 0 Å². The lowest BCUT2D eigenvalue weighted by molar-refractivity contribution is -0.138. The van der Waals surface area contributed by atoms with Crippen molar-refractivity contribution in [1.29, 1.82) is 0 Å². The maximum atomic E-state index is 12.0. The normalized spacial score (nSPS) is 12.8. The second-order valence-corrected chi connectivity index (χ2v) is 4.02. The van der Waals surface area contributed by atoms with E-state index in [1.165, 1.54) is 12.1 Å². The quantitative estimate of drug-likeness (QED) is 0.852. The highest BCUT2D eigenvalue weighted by Crippen LogP contribution is 2.24. The number of ether oxygens (including phenoxy) is 1. The summed E-state index contributed by atoms with van der Waals surface area (Å²) >= 11 is 0. The number of rotatable bonds is 6. The van der Waals surface area contributed by atoms with Crippen molar-refractivity contribution in [2.75, 3.05) is 14.1 Å². The van der Waals surface area contributed by atoms with Crippen molar-refractivity contribution in [3.05, 3.63) is 29.8 Å². The van der Waals surface area contributed by atoms with Crippen molar-refractivity contribution >= 4 is 5.97 Å². The zero-order chi connectivity index (χ0) is 13.7. The molecule has 0 bridgehead atoms. The van der Waals surface area contributed by atoms with E-state index >= 15 is 0 Å².